The Balaban J connectivity index is 2.35. The molecule has 3 N–H and O–H groups in total. The second kappa shape index (κ2) is 3.94. The first-order valence-corrected chi connectivity index (χ1v) is 4.99. The number of pyridine rings is 1. The van der Waals surface area contributed by atoms with E-state index in [9.17, 15) is 4.79 Å². The fourth-order valence-electron chi connectivity index (χ4n) is 1.62. The van der Waals surface area contributed by atoms with Crippen LogP contribution in [0.15, 0.2) is 24.5 Å². The number of carboxylic acid groups (broad SMARTS) is 1. The Morgan fingerprint density at radius 2 is 2.38 bits per heavy atom. The highest BCUT2D eigenvalue weighted by atomic mass is 16.4. The highest BCUT2D eigenvalue weighted by molar-refractivity contribution is 5.74. The van der Waals surface area contributed by atoms with E-state index in [1.54, 1.807) is 10.7 Å². The molecule has 0 spiro atoms. The van der Waals surface area contributed by atoms with Gasteiger partial charge in [-0.2, -0.15) is 5.10 Å². The third-order valence-electron chi connectivity index (χ3n) is 2.50. The maximum atomic E-state index is 10.7. The van der Waals surface area contributed by atoms with Crippen LogP contribution < -0.4 is 5.73 Å². The van der Waals surface area contributed by atoms with E-state index in [1.165, 1.54) is 0 Å². The van der Waals surface area contributed by atoms with Crippen LogP contribution in [0.5, 0.6) is 0 Å². The van der Waals surface area contributed by atoms with Gasteiger partial charge in [-0.3, -0.25) is 4.79 Å². The standard InChI is InChI=1S/C11H13N3O2/c1-7-2-3-10-8(4-9(12)11(15)16)5-13-14(10)6-7/h2-3,5-6,9H,4,12H2,1H3,(H,15,16). The minimum Gasteiger partial charge on any atom is -0.480 e. The van der Waals surface area contributed by atoms with E-state index >= 15 is 0 Å². The number of aliphatic carboxylic acids is 1. The fraction of sp³-hybridized carbons (Fsp3) is 0.273. The van der Waals surface area contributed by atoms with Crippen LogP contribution in [-0.4, -0.2) is 26.7 Å². The van der Waals surface area contributed by atoms with Gasteiger partial charge in [0.15, 0.2) is 0 Å². The Kier molecular flexibility index (Phi) is 2.62. The van der Waals surface area contributed by atoms with Crippen molar-refractivity contribution in [3.05, 3.63) is 35.7 Å². The van der Waals surface area contributed by atoms with Crippen LogP contribution in [0.25, 0.3) is 5.52 Å². The van der Waals surface area contributed by atoms with E-state index in [4.69, 9.17) is 10.8 Å². The lowest BCUT2D eigenvalue weighted by Gasteiger charge is -2.04. The number of nitrogens with two attached hydrogens (primary N) is 1. The zero-order chi connectivity index (χ0) is 11.7. The zero-order valence-corrected chi connectivity index (χ0v) is 8.92. The number of carbonyl (C=O) groups is 1. The summed E-state index contributed by atoms with van der Waals surface area (Å²) in [5.41, 5.74) is 8.35. The van der Waals surface area contributed by atoms with E-state index in [2.05, 4.69) is 5.10 Å². The molecule has 0 aliphatic carbocycles. The van der Waals surface area contributed by atoms with Gasteiger partial charge in [0, 0.05) is 18.2 Å². The third kappa shape index (κ3) is 1.90. The largest absolute Gasteiger partial charge is 0.480 e. The van der Waals surface area contributed by atoms with Gasteiger partial charge < -0.3 is 10.8 Å². The summed E-state index contributed by atoms with van der Waals surface area (Å²) in [7, 11) is 0. The summed E-state index contributed by atoms with van der Waals surface area (Å²) in [6.07, 6.45) is 3.85. The van der Waals surface area contributed by atoms with E-state index in [1.807, 2.05) is 25.3 Å². The minimum atomic E-state index is -0.994. The second-order valence-corrected chi connectivity index (χ2v) is 3.85. The Hall–Kier alpha value is -1.88. The van der Waals surface area contributed by atoms with Gasteiger partial charge in [-0.1, -0.05) is 6.07 Å². The predicted octanol–water partition coefficient (Wildman–Crippen LogP) is 0.597. The molecule has 2 aromatic heterocycles. The maximum absolute atomic E-state index is 10.7. The van der Waals surface area contributed by atoms with E-state index in [0.29, 0.717) is 6.42 Å². The molecule has 5 heteroatoms. The molecule has 1 atom stereocenters. The van der Waals surface area contributed by atoms with Gasteiger partial charge in [0.05, 0.1) is 11.7 Å². The highest BCUT2D eigenvalue weighted by Gasteiger charge is 2.14. The molecule has 2 heterocycles. The van der Waals surface area contributed by atoms with Crippen molar-refractivity contribution in [3.63, 3.8) is 0 Å². The first-order chi connectivity index (χ1) is 7.58. The molecule has 16 heavy (non-hydrogen) atoms. The molecule has 0 saturated heterocycles. The smallest absolute Gasteiger partial charge is 0.320 e. The summed E-state index contributed by atoms with van der Waals surface area (Å²) in [6.45, 7) is 1.98. The normalized spacial score (nSPS) is 12.9. The van der Waals surface area contributed by atoms with Crippen molar-refractivity contribution < 1.29 is 9.90 Å². The van der Waals surface area contributed by atoms with Gasteiger partial charge in [-0.15, -0.1) is 0 Å². The molecule has 1 unspecified atom stereocenters. The first kappa shape index (κ1) is 10.6. The molecule has 84 valence electrons. The summed E-state index contributed by atoms with van der Waals surface area (Å²) in [6, 6.07) is 3.01. The van der Waals surface area contributed by atoms with Crippen LogP contribution in [0.3, 0.4) is 0 Å². The van der Waals surface area contributed by atoms with Crippen LogP contribution >= 0.6 is 0 Å². The average molecular weight is 219 g/mol. The zero-order valence-electron chi connectivity index (χ0n) is 8.92. The van der Waals surface area contributed by atoms with Crippen LogP contribution in [-0.2, 0) is 11.2 Å². The molecular formula is C11H13N3O2. The quantitative estimate of drug-likeness (QED) is 0.792. The molecular weight excluding hydrogens is 206 g/mol. The number of aryl methyl sites for hydroxylation is 1. The summed E-state index contributed by atoms with van der Waals surface area (Å²) >= 11 is 0. The molecule has 5 nitrogen and oxygen atoms in total. The van der Waals surface area contributed by atoms with Gasteiger partial charge in [-0.25, -0.2) is 4.52 Å². The van der Waals surface area contributed by atoms with Crippen molar-refractivity contribution in [2.45, 2.75) is 19.4 Å². The second-order valence-electron chi connectivity index (χ2n) is 3.85. The van der Waals surface area contributed by atoms with Crippen molar-refractivity contribution in [2.75, 3.05) is 0 Å². The molecule has 2 aromatic rings. The van der Waals surface area contributed by atoms with Gasteiger partial charge >= 0.3 is 5.97 Å². The van der Waals surface area contributed by atoms with Crippen molar-refractivity contribution in [3.8, 4) is 0 Å². The maximum Gasteiger partial charge on any atom is 0.320 e. The fourth-order valence-corrected chi connectivity index (χ4v) is 1.62. The highest BCUT2D eigenvalue weighted by Crippen LogP contribution is 2.13. The lowest BCUT2D eigenvalue weighted by Crippen LogP contribution is -2.32. The molecule has 0 amide bonds. The van der Waals surface area contributed by atoms with E-state index < -0.39 is 12.0 Å². The summed E-state index contributed by atoms with van der Waals surface area (Å²) in [5.74, 6) is -0.994. The SMILES string of the molecule is Cc1ccc2c(CC(N)C(=O)O)cnn2c1. The molecule has 0 bridgehead atoms. The van der Waals surface area contributed by atoms with E-state index in [-0.39, 0.29) is 0 Å². The number of nitrogens with zero attached hydrogens (tertiary/aromatic N) is 2. The molecule has 0 aromatic carbocycles. The van der Waals surface area contributed by atoms with Crippen LogP contribution in [0.4, 0.5) is 0 Å². The number of fused-ring (bicyclic) bond motifs is 1. The summed E-state index contributed by atoms with van der Waals surface area (Å²) in [4.78, 5) is 10.7. The molecule has 0 aliphatic rings. The number of hydrogen-bond acceptors (Lipinski definition) is 3. The molecule has 0 aliphatic heterocycles. The van der Waals surface area contributed by atoms with Crippen molar-refractivity contribution in [1.29, 1.82) is 0 Å². The van der Waals surface area contributed by atoms with Gasteiger partial charge in [0.1, 0.15) is 6.04 Å². The number of hydrogen-bond donors (Lipinski definition) is 2. The topological polar surface area (TPSA) is 80.6 Å². The Morgan fingerprint density at radius 3 is 3.06 bits per heavy atom. The third-order valence-corrected chi connectivity index (χ3v) is 2.50. The van der Waals surface area contributed by atoms with Gasteiger partial charge in [0.2, 0.25) is 0 Å². The lowest BCUT2D eigenvalue weighted by molar-refractivity contribution is -0.138. The number of carboxylic acids is 1. The molecule has 0 radical (unpaired) electrons. The minimum absolute atomic E-state index is 0.294. The van der Waals surface area contributed by atoms with Crippen molar-refractivity contribution in [1.82, 2.24) is 9.61 Å². The average Bonchev–Trinajstić information content (AvgIpc) is 2.60. The molecule has 0 fully saturated rings. The lowest BCUT2D eigenvalue weighted by atomic mass is 10.1. The monoisotopic (exact) mass is 219 g/mol. The first-order valence-electron chi connectivity index (χ1n) is 4.99. The van der Waals surface area contributed by atoms with Gasteiger partial charge in [-0.05, 0) is 18.6 Å². The Labute approximate surface area is 92.5 Å². The predicted molar refractivity (Wildman–Crippen MR) is 59.2 cm³/mol. The van der Waals surface area contributed by atoms with Crippen molar-refractivity contribution in [2.24, 2.45) is 5.73 Å². The van der Waals surface area contributed by atoms with Gasteiger partial charge in [0.25, 0.3) is 0 Å². The van der Waals surface area contributed by atoms with Crippen molar-refractivity contribution >= 4 is 11.5 Å². The van der Waals surface area contributed by atoms with E-state index in [0.717, 1.165) is 16.6 Å². The molecule has 0 saturated carbocycles. The summed E-state index contributed by atoms with van der Waals surface area (Å²) < 4.78 is 1.74. The van der Waals surface area contributed by atoms with Crippen LogP contribution in [0.1, 0.15) is 11.1 Å². The van der Waals surface area contributed by atoms with Crippen LogP contribution in [0.2, 0.25) is 0 Å². The van der Waals surface area contributed by atoms with Crippen LogP contribution in [0, 0.1) is 6.92 Å². The number of aromatic nitrogens is 2. The Bertz CT molecular complexity index is 533. The number of rotatable bonds is 3. The Morgan fingerprint density at radius 1 is 1.62 bits per heavy atom. The molecule has 2 rings (SSSR count). The summed E-state index contributed by atoms with van der Waals surface area (Å²) in [5, 5.41) is 12.9.